The van der Waals surface area contributed by atoms with E-state index in [1.807, 2.05) is 67.6 Å². The van der Waals surface area contributed by atoms with E-state index in [4.69, 9.17) is 4.74 Å². The van der Waals surface area contributed by atoms with Gasteiger partial charge in [-0.2, -0.15) is 0 Å². The second-order valence-electron chi connectivity index (χ2n) is 6.76. The van der Waals surface area contributed by atoms with Gasteiger partial charge in [-0.05, 0) is 43.5 Å². The van der Waals surface area contributed by atoms with E-state index in [0.29, 0.717) is 44.0 Å². The number of hydrogen-bond acceptors (Lipinski definition) is 3. The zero-order chi connectivity index (χ0) is 19.8. The summed E-state index contributed by atoms with van der Waals surface area (Å²) in [6.45, 7) is 3.63. The lowest BCUT2D eigenvalue weighted by Gasteiger charge is -2.30. The van der Waals surface area contributed by atoms with Gasteiger partial charge in [-0.3, -0.25) is 9.59 Å². The van der Waals surface area contributed by atoms with Gasteiger partial charge in [-0.15, -0.1) is 0 Å². The van der Waals surface area contributed by atoms with E-state index in [2.05, 4.69) is 5.32 Å². The van der Waals surface area contributed by atoms with Gasteiger partial charge in [-0.1, -0.05) is 42.5 Å². The van der Waals surface area contributed by atoms with Gasteiger partial charge in [0.25, 0.3) is 0 Å². The second-order valence-corrected chi connectivity index (χ2v) is 6.76. The third-order valence-corrected chi connectivity index (χ3v) is 4.84. The lowest BCUT2D eigenvalue weighted by molar-refractivity contribution is -0.130. The Morgan fingerprint density at radius 2 is 1.75 bits per heavy atom. The van der Waals surface area contributed by atoms with Gasteiger partial charge in [0, 0.05) is 25.1 Å². The van der Waals surface area contributed by atoms with Crippen molar-refractivity contribution in [2.75, 3.05) is 25.0 Å². The maximum Gasteiger partial charge on any atom is 0.246 e. The van der Waals surface area contributed by atoms with Crippen LogP contribution in [0.5, 0.6) is 5.75 Å². The lowest BCUT2D eigenvalue weighted by Crippen LogP contribution is -2.40. The smallest absolute Gasteiger partial charge is 0.246 e. The van der Waals surface area contributed by atoms with Gasteiger partial charge >= 0.3 is 0 Å². The minimum absolute atomic E-state index is 0.00981. The summed E-state index contributed by atoms with van der Waals surface area (Å²) in [4.78, 5) is 26.8. The molecule has 0 aromatic heterocycles. The molecule has 1 aliphatic heterocycles. The van der Waals surface area contributed by atoms with Crippen LogP contribution in [0, 0.1) is 5.92 Å². The summed E-state index contributed by atoms with van der Waals surface area (Å²) in [7, 11) is 0. The summed E-state index contributed by atoms with van der Waals surface area (Å²) in [5.41, 5.74) is 1.69. The molecule has 1 aliphatic rings. The molecule has 146 valence electrons. The molecule has 5 heteroatoms. The SMILES string of the molecule is CCOc1ccccc1NC(=O)C1CCN(C(=O)C=Cc2ccccc2)CC1. The Labute approximate surface area is 166 Å². The molecule has 3 rings (SSSR count). The predicted molar refractivity (Wildman–Crippen MR) is 111 cm³/mol. The molecule has 0 saturated carbocycles. The van der Waals surface area contributed by atoms with Crippen molar-refractivity contribution in [3.05, 3.63) is 66.2 Å². The predicted octanol–water partition coefficient (Wildman–Crippen LogP) is 3.98. The number of rotatable bonds is 6. The molecule has 2 aromatic rings. The fourth-order valence-corrected chi connectivity index (χ4v) is 3.29. The third-order valence-electron chi connectivity index (χ3n) is 4.84. The number of para-hydroxylation sites is 2. The number of benzene rings is 2. The maximum absolute atomic E-state index is 12.6. The number of amides is 2. The summed E-state index contributed by atoms with van der Waals surface area (Å²) in [6, 6.07) is 17.2. The van der Waals surface area contributed by atoms with Crippen LogP contribution in [0.3, 0.4) is 0 Å². The molecule has 0 spiro atoms. The fourth-order valence-electron chi connectivity index (χ4n) is 3.29. The van der Waals surface area contributed by atoms with Crippen LogP contribution < -0.4 is 10.1 Å². The molecular weight excluding hydrogens is 352 g/mol. The Bertz CT molecular complexity index is 825. The molecule has 1 heterocycles. The second kappa shape index (κ2) is 9.74. The highest BCUT2D eigenvalue weighted by Gasteiger charge is 2.27. The number of carbonyl (C=O) groups is 2. The van der Waals surface area contributed by atoms with Crippen LogP contribution in [-0.4, -0.2) is 36.4 Å². The van der Waals surface area contributed by atoms with Crippen molar-refractivity contribution in [1.82, 2.24) is 4.90 Å². The molecule has 2 amide bonds. The molecule has 0 radical (unpaired) electrons. The van der Waals surface area contributed by atoms with Crippen molar-refractivity contribution >= 4 is 23.6 Å². The molecule has 0 atom stereocenters. The number of ether oxygens (including phenoxy) is 1. The van der Waals surface area contributed by atoms with Crippen molar-refractivity contribution < 1.29 is 14.3 Å². The van der Waals surface area contributed by atoms with Crippen molar-refractivity contribution in [1.29, 1.82) is 0 Å². The Morgan fingerprint density at radius 1 is 1.07 bits per heavy atom. The van der Waals surface area contributed by atoms with Crippen LogP contribution in [0.4, 0.5) is 5.69 Å². The molecule has 0 unspecified atom stereocenters. The van der Waals surface area contributed by atoms with Crippen LogP contribution in [0.2, 0.25) is 0 Å². The standard InChI is InChI=1S/C23H26N2O3/c1-2-28-21-11-7-6-10-20(21)24-23(27)19-14-16-25(17-15-19)22(26)13-12-18-8-4-3-5-9-18/h3-13,19H,2,14-17H2,1H3,(H,24,27). The number of nitrogens with one attached hydrogen (secondary N) is 1. The van der Waals surface area contributed by atoms with E-state index < -0.39 is 0 Å². The van der Waals surface area contributed by atoms with E-state index in [-0.39, 0.29) is 17.7 Å². The minimum Gasteiger partial charge on any atom is -0.492 e. The summed E-state index contributed by atoms with van der Waals surface area (Å²) in [6.07, 6.45) is 4.75. The first-order valence-electron chi connectivity index (χ1n) is 9.72. The van der Waals surface area contributed by atoms with Gasteiger partial charge in [0.05, 0.1) is 12.3 Å². The molecule has 1 fully saturated rings. The Kier molecular flexibility index (Phi) is 6.84. The number of hydrogen-bond donors (Lipinski definition) is 1. The van der Waals surface area contributed by atoms with Gasteiger partial charge in [0.1, 0.15) is 5.75 Å². The number of nitrogens with zero attached hydrogens (tertiary/aromatic N) is 1. The van der Waals surface area contributed by atoms with E-state index in [9.17, 15) is 9.59 Å². The highest BCUT2D eigenvalue weighted by Crippen LogP contribution is 2.26. The number of piperidine rings is 1. The van der Waals surface area contributed by atoms with E-state index in [1.165, 1.54) is 0 Å². The largest absolute Gasteiger partial charge is 0.492 e. The molecule has 28 heavy (non-hydrogen) atoms. The average Bonchev–Trinajstić information content (AvgIpc) is 2.74. The first-order valence-corrected chi connectivity index (χ1v) is 9.72. The van der Waals surface area contributed by atoms with Gasteiger partial charge in [0.15, 0.2) is 0 Å². The molecular formula is C23H26N2O3. The van der Waals surface area contributed by atoms with Gasteiger partial charge in [0.2, 0.25) is 11.8 Å². The zero-order valence-electron chi connectivity index (χ0n) is 16.1. The van der Waals surface area contributed by atoms with Crippen LogP contribution in [0.15, 0.2) is 60.7 Å². The highest BCUT2D eigenvalue weighted by molar-refractivity contribution is 5.95. The van der Waals surface area contributed by atoms with Crippen molar-refractivity contribution in [3.8, 4) is 5.75 Å². The number of carbonyl (C=O) groups excluding carboxylic acids is 2. The molecule has 2 aromatic carbocycles. The Balaban J connectivity index is 1.51. The number of likely N-dealkylation sites (tertiary alicyclic amines) is 1. The topological polar surface area (TPSA) is 58.6 Å². The third kappa shape index (κ3) is 5.22. The summed E-state index contributed by atoms with van der Waals surface area (Å²) < 4.78 is 5.56. The van der Waals surface area contributed by atoms with Gasteiger partial charge in [-0.25, -0.2) is 0 Å². The molecule has 1 N–H and O–H groups in total. The van der Waals surface area contributed by atoms with Crippen molar-refractivity contribution in [2.24, 2.45) is 5.92 Å². The summed E-state index contributed by atoms with van der Waals surface area (Å²) in [5.74, 6) is 0.553. The van der Waals surface area contributed by atoms with Crippen molar-refractivity contribution in [3.63, 3.8) is 0 Å². The molecule has 0 aliphatic carbocycles. The lowest BCUT2D eigenvalue weighted by atomic mass is 9.95. The quantitative estimate of drug-likeness (QED) is 0.774. The van der Waals surface area contributed by atoms with Crippen LogP contribution in [-0.2, 0) is 9.59 Å². The average molecular weight is 378 g/mol. The van der Waals surface area contributed by atoms with E-state index in [0.717, 1.165) is 5.56 Å². The highest BCUT2D eigenvalue weighted by atomic mass is 16.5. The summed E-state index contributed by atoms with van der Waals surface area (Å²) in [5, 5.41) is 2.97. The zero-order valence-corrected chi connectivity index (χ0v) is 16.1. The monoisotopic (exact) mass is 378 g/mol. The van der Waals surface area contributed by atoms with Crippen LogP contribution >= 0.6 is 0 Å². The number of anilines is 1. The van der Waals surface area contributed by atoms with Crippen molar-refractivity contribution in [2.45, 2.75) is 19.8 Å². The first kappa shape index (κ1) is 19.7. The van der Waals surface area contributed by atoms with E-state index >= 15 is 0 Å². The van der Waals surface area contributed by atoms with Crippen LogP contribution in [0.1, 0.15) is 25.3 Å². The fraction of sp³-hybridized carbons (Fsp3) is 0.304. The van der Waals surface area contributed by atoms with E-state index in [1.54, 1.807) is 11.0 Å². The Morgan fingerprint density at radius 3 is 2.46 bits per heavy atom. The minimum atomic E-state index is -0.100. The van der Waals surface area contributed by atoms with Gasteiger partial charge < -0.3 is 15.0 Å². The molecule has 1 saturated heterocycles. The molecule has 0 bridgehead atoms. The Hall–Kier alpha value is -3.08. The van der Waals surface area contributed by atoms with Crippen LogP contribution in [0.25, 0.3) is 6.08 Å². The molecule has 5 nitrogen and oxygen atoms in total. The summed E-state index contributed by atoms with van der Waals surface area (Å²) >= 11 is 0. The normalized spacial score (nSPS) is 14.8. The maximum atomic E-state index is 12.6. The first-order chi connectivity index (χ1) is 13.7.